The molecule has 0 saturated heterocycles. The second-order valence-electron chi connectivity index (χ2n) is 15.6. The van der Waals surface area contributed by atoms with E-state index in [1.165, 1.54) is 47.6 Å². The van der Waals surface area contributed by atoms with Crippen molar-refractivity contribution in [1.29, 1.82) is 0 Å². The first-order valence-corrected chi connectivity index (χ1v) is 21.7. The highest BCUT2D eigenvalue weighted by atomic mass is 32.1. The van der Waals surface area contributed by atoms with Gasteiger partial charge in [-0.3, -0.25) is 0 Å². The Hall–Kier alpha value is -7.99. The molecule has 5 heteroatoms. The molecular weight excluding hydrogens is 773 g/mol. The lowest BCUT2D eigenvalue weighted by atomic mass is 9.99. The average Bonchev–Trinajstić information content (AvgIpc) is 3.90. The van der Waals surface area contributed by atoms with Gasteiger partial charge in [-0.05, 0) is 46.5 Å². The summed E-state index contributed by atoms with van der Waals surface area (Å²) in [4.78, 5) is 15.6. The molecule has 0 atom stereocenters. The molecule has 12 rings (SSSR count). The third-order valence-corrected chi connectivity index (χ3v) is 13.0. The van der Waals surface area contributed by atoms with Gasteiger partial charge in [-0.2, -0.15) is 0 Å². The summed E-state index contributed by atoms with van der Waals surface area (Å²) >= 11 is 1.84. The fourth-order valence-corrected chi connectivity index (χ4v) is 10.1. The Balaban J connectivity index is 1.04. The van der Waals surface area contributed by atoms with Crippen molar-refractivity contribution in [3.8, 4) is 73.2 Å². The molecule has 0 saturated carbocycles. The highest BCUT2D eigenvalue weighted by Crippen LogP contribution is 2.42. The van der Waals surface area contributed by atoms with Crippen LogP contribution in [0.25, 0.3) is 115 Å². The van der Waals surface area contributed by atoms with Crippen molar-refractivity contribution in [1.82, 2.24) is 19.5 Å². The van der Waals surface area contributed by atoms with Gasteiger partial charge in [0.2, 0.25) is 0 Å². The number of aromatic nitrogens is 4. The average molecular weight is 809 g/mol. The fourth-order valence-electron chi connectivity index (χ4n) is 8.90. The van der Waals surface area contributed by atoms with E-state index in [1.807, 2.05) is 29.5 Å². The standard InChI is InChI=1S/C57H36N4S/c1-4-15-38(16-5-1)44-33-32-43(35-51(44)61-50-25-12-10-21-46(50)49-24-14-23-45(54(49)61)39-17-6-2-7-18-39)57-59-55(40-19-8-3-9-20-40)58-56(60-57)41-29-27-37(28-30-41)42-31-34-48-47-22-11-13-26-52(47)62-53(48)36-42/h1-36H. The van der Waals surface area contributed by atoms with Gasteiger partial charge in [-0.25, -0.2) is 15.0 Å². The van der Waals surface area contributed by atoms with Crippen LogP contribution in [0.3, 0.4) is 0 Å². The van der Waals surface area contributed by atoms with Crippen molar-refractivity contribution in [2.45, 2.75) is 0 Å². The minimum absolute atomic E-state index is 0.609. The molecule has 0 radical (unpaired) electrons. The van der Waals surface area contributed by atoms with Crippen molar-refractivity contribution in [3.05, 3.63) is 218 Å². The van der Waals surface area contributed by atoms with Crippen molar-refractivity contribution in [2.24, 2.45) is 0 Å². The summed E-state index contributed by atoms with van der Waals surface area (Å²) in [5.41, 5.74) is 13.0. The van der Waals surface area contributed by atoms with E-state index in [1.54, 1.807) is 0 Å². The van der Waals surface area contributed by atoms with Gasteiger partial charge < -0.3 is 4.57 Å². The first kappa shape index (κ1) is 35.9. The summed E-state index contributed by atoms with van der Waals surface area (Å²) in [5, 5.41) is 5.01. The lowest BCUT2D eigenvalue weighted by Gasteiger charge is -2.18. The number of hydrogen-bond donors (Lipinski definition) is 0. The summed E-state index contributed by atoms with van der Waals surface area (Å²) < 4.78 is 5.04. The molecule has 9 aromatic carbocycles. The quantitative estimate of drug-likeness (QED) is 0.161. The van der Waals surface area contributed by atoms with E-state index in [2.05, 4.69) is 205 Å². The van der Waals surface area contributed by atoms with Crippen molar-refractivity contribution in [3.63, 3.8) is 0 Å². The molecule has 3 heterocycles. The Labute approximate surface area is 362 Å². The van der Waals surface area contributed by atoms with Crippen molar-refractivity contribution >= 4 is 53.3 Å². The van der Waals surface area contributed by atoms with E-state index in [9.17, 15) is 0 Å². The number of thiophene rings is 1. The van der Waals surface area contributed by atoms with E-state index < -0.39 is 0 Å². The summed E-state index contributed by atoms with van der Waals surface area (Å²) in [6.45, 7) is 0. The van der Waals surface area contributed by atoms with Crippen LogP contribution in [0, 0.1) is 0 Å². The maximum absolute atomic E-state index is 5.25. The summed E-state index contributed by atoms with van der Waals surface area (Å²) in [6, 6.07) is 77.5. The number of benzene rings is 9. The molecule has 62 heavy (non-hydrogen) atoms. The molecule has 0 amide bonds. The largest absolute Gasteiger partial charge is 0.308 e. The maximum atomic E-state index is 5.25. The first-order valence-electron chi connectivity index (χ1n) is 20.8. The lowest BCUT2D eigenvalue weighted by molar-refractivity contribution is 1.07. The van der Waals surface area contributed by atoms with Gasteiger partial charge in [0.05, 0.1) is 16.7 Å². The number of para-hydroxylation sites is 2. The van der Waals surface area contributed by atoms with Crippen LogP contribution in [0.1, 0.15) is 0 Å². The Morgan fingerprint density at radius 2 is 0.823 bits per heavy atom. The lowest BCUT2D eigenvalue weighted by Crippen LogP contribution is -2.02. The third-order valence-electron chi connectivity index (χ3n) is 11.9. The number of hydrogen-bond acceptors (Lipinski definition) is 4. The van der Waals surface area contributed by atoms with Crippen LogP contribution in [0.15, 0.2) is 218 Å². The minimum Gasteiger partial charge on any atom is -0.308 e. The zero-order valence-electron chi connectivity index (χ0n) is 33.5. The molecule has 0 fully saturated rings. The van der Waals surface area contributed by atoms with E-state index in [0.29, 0.717) is 17.5 Å². The maximum Gasteiger partial charge on any atom is 0.164 e. The molecule has 0 bridgehead atoms. The van der Waals surface area contributed by atoms with Gasteiger partial charge in [-0.1, -0.05) is 194 Å². The van der Waals surface area contributed by atoms with E-state index in [0.717, 1.165) is 50.1 Å². The summed E-state index contributed by atoms with van der Waals surface area (Å²) in [5.74, 6) is 1.86. The van der Waals surface area contributed by atoms with Crippen LogP contribution in [0.5, 0.6) is 0 Å². The first-order chi connectivity index (χ1) is 30.7. The molecule has 3 aromatic heterocycles. The van der Waals surface area contributed by atoms with Gasteiger partial charge in [0.25, 0.3) is 0 Å². The second-order valence-corrected chi connectivity index (χ2v) is 16.7. The molecule has 0 aliphatic heterocycles. The van der Waals surface area contributed by atoms with Crippen molar-refractivity contribution < 1.29 is 0 Å². The topological polar surface area (TPSA) is 43.6 Å². The fraction of sp³-hybridized carbons (Fsp3) is 0. The van der Waals surface area contributed by atoms with Crippen LogP contribution >= 0.6 is 11.3 Å². The van der Waals surface area contributed by atoms with E-state index >= 15 is 0 Å². The molecule has 0 aliphatic rings. The Morgan fingerprint density at radius 3 is 1.55 bits per heavy atom. The Morgan fingerprint density at radius 1 is 0.306 bits per heavy atom. The van der Waals surface area contributed by atoms with Crippen LogP contribution in [-0.4, -0.2) is 19.5 Å². The van der Waals surface area contributed by atoms with E-state index in [4.69, 9.17) is 15.0 Å². The SMILES string of the molecule is c1ccc(-c2nc(-c3ccc(-c4ccc5c(c4)sc4ccccc45)cc3)nc(-c3ccc(-c4ccccc4)c(-n4c5ccccc5c5cccc(-c6ccccc6)c54)c3)n2)cc1. The Bertz CT molecular complexity index is 3610. The molecule has 12 aromatic rings. The molecular formula is C57H36N4S. The molecule has 4 nitrogen and oxygen atoms in total. The van der Waals surface area contributed by atoms with Gasteiger partial charge >= 0.3 is 0 Å². The normalized spacial score (nSPS) is 11.5. The summed E-state index contributed by atoms with van der Waals surface area (Å²) in [7, 11) is 0. The van der Waals surface area contributed by atoms with Crippen molar-refractivity contribution in [2.75, 3.05) is 0 Å². The van der Waals surface area contributed by atoms with Crippen LogP contribution in [0.4, 0.5) is 0 Å². The highest BCUT2D eigenvalue weighted by molar-refractivity contribution is 7.25. The van der Waals surface area contributed by atoms with Gasteiger partial charge in [0, 0.05) is 58.8 Å². The Kier molecular flexibility index (Phi) is 8.65. The highest BCUT2D eigenvalue weighted by Gasteiger charge is 2.21. The number of nitrogens with zero attached hydrogens (tertiary/aromatic N) is 4. The molecule has 0 aliphatic carbocycles. The second kappa shape index (κ2) is 14.9. The molecule has 290 valence electrons. The van der Waals surface area contributed by atoms with Gasteiger partial charge in [0.1, 0.15) is 0 Å². The number of fused-ring (bicyclic) bond motifs is 6. The number of rotatable bonds is 7. The van der Waals surface area contributed by atoms with Crippen LogP contribution in [0.2, 0.25) is 0 Å². The third kappa shape index (κ3) is 6.18. The van der Waals surface area contributed by atoms with Crippen LogP contribution in [-0.2, 0) is 0 Å². The molecule has 0 spiro atoms. The minimum atomic E-state index is 0.609. The van der Waals surface area contributed by atoms with Gasteiger partial charge in [-0.15, -0.1) is 11.3 Å². The van der Waals surface area contributed by atoms with Gasteiger partial charge in [0.15, 0.2) is 17.5 Å². The van der Waals surface area contributed by atoms with E-state index in [-0.39, 0.29) is 0 Å². The molecule has 0 unspecified atom stereocenters. The zero-order chi connectivity index (χ0) is 41.0. The predicted octanol–water partition coefficient (Wildman–Crippen LogP) is 15.3. The monoisotopic (exact) mass is 808 g/mol. The predicted molar refractivity (Wildman–Crippen MR) is 260 cm³/mol. The van der Waals surface area contributed by atoms with Crippen LogP contribution < -0.4 is 0 Å². The smallest absolute Gasteiger partial charge is 0.164 e. The zero-order valence-corrected chi connectivity index (χ0v) is 34.3. The molecule has 0 N–H and O–H groups in total. The summed E-state index contributed by atoms with van der Waals surface area (Å²) in [6.07, 6.45) is 0.